The molecule has 0 fully saturated rings. The summed E-state index contributed by atoms with van der Waals surface area (Å²) in [6.07, 6.45) is 0. The van der Waals surface area contributed by atoms with Crippen molar-refractivity contribution in [3.8, 4) is 0 Å². The van der Waals surface area contributed by atoms with Crippen molar-refractivity contribution in [1.82, 2.24) is 15.2 Å². The van der Waals surface area contributed by atoms with E-state index in [-0.39, 0.29) is 17.3 Å². The van der Waals surface area contributed by atoms with Gasteiger partial charge in [0.2, 0.25) is 5.91 Å². The van der Waals surface area contributed by atoms with E-state index >= 15 is 0 Å². The molecule has 116 valence electrons. The first-order chi connectivity index (χ1) is 9.76. The van der Waals surface area contributed by atoms with E-state index in [4.69, 9.17) is 5.11 Å². The fourth-order valence-electron chi connectivity index (χ4n) is 1.76. The van der Waals surface area contributed by atoms with Gasteiger partial charge >= 0.3 is 12.0 Å². The number of aromatic nitrogens is 1. The molecule has 0 saturated carbocycles. The molecule has 1 atom stereocenters. The van der Waals surface area contributed by atoms with Gasteiger partial charge in [0.15, 0.2) is 0 Å². The SMILES string of the molecule is CCN(C)C(=O)C(C)NC(=O)Nc1cc(C)[nH]c1C(=O)O. The first-order valence-corrected chi connectivity index (χ1v) is 6.51. The van der Waals surface area contributed by atoms with Gasteiger partial charge in [0.25, 0.3) is 0 Å². The van der Waals surface area contributed by atoms with Crippen molar-refractivity contribution < 1.29 is 19.5 Å². The van der Waals surface area contributed by atoms with Crippen LogP contribution < -0.4 is 10.6 Å². The van der Waals surface area contributed by atoms with Crippen LogP contribution >= 0.6 is 0 Å². The van der Waals surface area contributed by atoms with Crippen molar-refractivity contribution in [2.45, 2.75) is 26.8 Å². The van der Waals surface area contributed by atoms with Crippen molar-refractivity contribution in [2.24, 2.45) is 0 Å². The number of nitrogens with zero attached hydrogens (tertiary/aromatic N) is 1. The number of carboxylic acids is 1. The topological polar surface area (TPSA) is 115 Å². The number of likely N-dealkylation sites (N-methyl/N-ethyl adjacent to an activating group) is 1. The highest BCUT2D eigenvalue weighted by molar-refractivity contribution is 6.00. The van der Waals surface area contributed by atoms with E-state index < -0.39 is 18.0 Å². The van der Waals surface area contributed by atoms with Crippen LogP contribution in [0.15, 0.2) is 6.07 Å². The molecule has 8 heteroatoms. The third-order valence-electron chi connectivity index (χ3n) is 2.98. The fraction of sp³-hybridized carbons (Fsp3) is 0.462. The van der Waals surface area contributed by atoms with Crippen LogP contribution in [-0.4, -0.2) is 52.5 Å². The molecule has 1 unspecified atom stereocenters. The summed E-state index contributed by atoms with van der Waals surface area (Å²) in [5.41, 5.74) is 0.658. The highest BCUT2D eigenvalue weighted by Crippen LogP contribution is 2.16. The number of carbonyl (C=O) groups excluding carboxylic acids is 2. The molecule has 1 rings (SSSR count). The fourth-order valence-corrected chi connectivity index (χ4v) is 1.76. The predicted molar refractivity (Wildman–Crippen MR) is 77.4 cm³/mol. The highest BCUT2D eigenvalue weighted by atomic mass is 16.4. The van der Waals surface area contributed by atoms with Crippen molar-refractivity contribution in [3.05, 3.63) is 17.5 Å². The Morgan fingerprint density at radius 1 is 1.43 bits per heavy atom. The minimum atomic E-state index is -1.17. The number of H-pyrrole nitrogens is 1. The molecule has 0 aliphatic heterocycles. The lowest BCUT2D eigenvalue weighted by molar-refractivity contribution is -0.131. The molecule has 0 aliphatic rings. The Morgan fingerprint density at radius 2 is 2.05 bits per heavy atom. The molecule has 0 spiro atoms. The second kappa shape index (κ2) is 6.78. The average Bonchev–Trinajstić information content (AvgIpc) is 2.77. The van der Waals surface area contributed by atoms with Gasteiger partial charge in [-0.3, -0.25) is 4.79 Å². The normalized spacial score (nSPS) is 11.6. The van der Waals surface area contributed by atoms with Crippen molar-refractivity contribution in [2.75, 3.05) is 18.9 Å². The zero-order valence-corrected chi connectivity index (χ0v) is 12.5. The quantitative estimate of drug-likeness (QED) is 0.649. The van der Waals surface area contributed by atoms with Crippen LogP contribution in [0.1, 0.15) is 30.0 Å². The molecule has 0 aliphatic carbocycles. The van der Waals surface area contributed by atoms with Gasteiger partial charge < -0.3 is 25.6 Å². The number of amides is 3. The van der Waals surface area contributed by atoms with Crippen LogP contribution in [0.3, 0.4) is 0 Å². The number of urea groups is 1. The maximum atomic E-state index is 11.8. The van der Waals surface area contributed by atoms with Gasteiger partial charge in [-0.1, -0.05) is 0 Å². The lowest BCUT2D eigenvalue weighted by Gasteiger charge is -2.20. The number of aryl methyl sites for hydroxylation is 1. The number of aromatic carboxylic acids is 1. The van der Waals surface area contributed by atoms with Crippen LogP contribution in [0.4, 0.5) is 10.5 Å². The van der Waals surface area contributed by atoms with Gasteiger partial charge in [-0.25, -0.2) is 9.59 Å². The number of rotatable bonds is 5. The summed E-state index contributed by atoms with van der Waals surface area (Å²) in [4.78, 5) is 38.8. The lowest BCUT2D eigenvalue weighted by atomic mass is 10.3. The second-order valence-electron chi connectivity index (χ2n) is 4.72. The molecule has 1 aromatic rings. The van der Waals surface area contributed by atoms with E-state index in [9.17, 15) is 14.4 Å². The Labute approximate surface area is 122 Å². The maximum absolute atomic E-state index is 11.8. The number of aromatic amines is 1. The zero-order chi connectivity index (χ0) is 16.2. The lowest BCUT2D eigenvalue weighted by Crippen LogP contribution is -2.46. The summed E-state index contributed by atoms with van der Waals surface area (Å²) in [6.45, 7) is 5.60. The molecular weight excluding hydrogens is 276 g/mol. The van der Waals surface area contributed by atoms with Crippen LogP contribution in [0.25, 0.3) is 0 Å². The van der Waals surface area contributed by atoms with Crippen LogP contribution in [0.2, 0.25) is 0 Å². The minimum Gasteiger partial charge on any atom is -0.477 e. The molecule has 0 bridgehead atoms. The maximum Gasteiger partial charge on any atom is 0.354 e. The molecule has 1 aromatic heterocycles. The van der Waals surface area contributed by atoms with E-state index in [0.29, 0.717) is 12.2 Å². The Kier molecular flexibility index (Phi) is 5.34. The van der Waals surface area contributed by atoms with E-state index in [1.807, 2.05) is 6.92 Å². The summed E-state index contributed by atoms with van der Waals surface area (Å²) in [5.74, 6) is -1.40. The van der Waals surface area contributed by atoms with Gasteiger partial charge in [0.1, 0.15) is 11.7 Å². The molecule has 0 aromatic carbocycles. The number of hydrogen-bond donors (Lipinski definition) is 4. The van der Waals surface area contributed by atoms with E-state index in [2.05, 4.69) is 15.6 Å². The summed E-state index contributed by atoms with van der Waals surface area (Å²) in [7, 11) is 1.64. The number of nitrogens with one attached hydrogen (secondary N) is 3. The minimum absolute atomic E-state index is 0.104. The molecule has 0 radical (unpaired) electrons. The van der Waals surface area contributed by atoms with Gasteiger partial charge in [0.05, 0.1) is 5.69 Å². The molecule has 8 nitrogen and oxygen atoms in total. The standard InChI is InChI=1S/C13H20N4O4/c1-5-17(4)11(18)8(3)15-13(21)16-9-6-7(2)14-10(9)12(19)20/h6,8,14H,5H2,1-4H3,(H,19,20)(H2,15,16,21). The first kappa shape index (κ1) is 16.5. The number of hydrogen-bond acceptors (Lipinski definition) is 3. The molecular formula is C13H20N4O4. The molecule has 3 amide bonds. The van der Waals surface area contributed by atoms with Crippen molar-refractivity contribution >= 4 is 23.6 Å². The van der Waals surface area contributed by atoms with Gasteiger partial charge in [-0.2, -0.15) is 0 Å². The van der Waals surface area contributed by atoms with Crippen LogP contribution in [0.5, 0.6) is 0 Å². The molecule has 21 heavy (non-hydrogen) atoms. The molecule has 1 heterocycles. The second-order valence-corrected chi connectivity index (χ2v) is 4.72. The van der Waals surface area contributed by atoms with Gasteiger partial charge in [-0.05, 0) is 26.8 Å². The monoisotopic (exact) mass is 296 g/mol. The molecule has 4 N–H and O–H groups in total. The largest absolute Gasteiger partial charge is 0.477 e. The number of carbonyl (C=O) groups is 3. The van der Waals surface area contributed by atoms with Crippen LogP contribution in [-0.2, 0) is 4.79 Å². The van der Waals surface area contributed by atoms with E-state index in [0.717, 1.165) is 0 Å². The van der Waals surface area contributed by atoms with E-state index in [1.165, 1.54) is 11.0 Å². The summed E-state index contributed by atoms with van der Waals surface area (Å²) < 4.78 is 0. The van der Waals surface area contributed by atoms with Gasteiger partial charge in [-0.15, -0.1) is 0 Å². The Hall–Kier alpha value is -2.51. The van der Waals surface area contributed by atoms with Crippen LogP contribution in [0, 0.1) is 6.92 Å². The van der Waals surface area contributed by atoms with Crippen molar-refractivity contribution in [1.29, 1.82) is 0 Å². The molecule has 0 saturated heterocycles. The summed E-state index contributed by atoms with van der Waals surface area (Å²) in [5, 5.41) is 13.9. The zero-order valence-electron chi connectivity index (χ0n) is 12.5. The predicted octanol–water partition coefficient (Wildman–Crippen LogP) is 1.01. The smallest absolute Gasteiger partial charge is 0.354 e. The first-order valence-electron chi connectivity index (χ1n) is 6.51. The summed E-state index contributed by atoms with van der Waals surface area (Å²) >= 11 is 0. The Balaban J connectivity index is 2.70. The van der Waals surface area contributed by atoms with Crippen molar-refractivity contribution in [3.63, 3.8) is 0 Å². The average molecular weight is 296 g/mol. The Morgan fingerprint density at radius 3 is 2.57 bits per heavy atom. The van der Waals surface area contributed by atoms with Gasteiger partial charge in [0, 0.05) is 19.3 Å². The number of carboxylic acid groups (broad SMARTS) is 1. The number of anilines is 1. The third-order valence-corrected chi connectivity index (χ3v) is 2.98. The third kappa shape index (κ3) is 4.23. The van der Waals surface area contributed by atoms with E-state index in [1.54, 1.807) is 20.9 Å². The highest BCUT2D eigenvalue weighted by Gasteiger charge is 2.20. The summed E-state index contributed by atoms with van der Waals surface area (Å²) in [6, 6.07) is 0.165. The Bertz CT molecular complexity index is 552.